The third-order valence-corrected chi connectivity index (χ3v) is 3.77. The second-order valence-electron chi connectivity index (χ2n) is 3.92. The van der Waals surface area contributed by atoms with E-state index in [-0.39, 0.29) is 10.9 Å². The molecule has 2 rings (SSSR count). The number of hydrogen-bond acceptors (Lipinski definition) is 3. The SMILES string of the molecule is NC(=S)c1ccc(Cl)c(NC(=O)Cc2ccsc2)c1. The Labute approximate surface area is 125 Å². The van der Waals surface area contributed by atoms with Crippen molar-refractivity contribution in [3.05, 3.63) is 51.2 Å². The van der Waals surface area contributed by atoms with Crippen LogP contribution in [-0.4, -0.2) is 10.9 Å². The van der Waals surface area contributed by atoms with Crippen LogP contribution in [0, 0.1) is 0 Å². The summed E-state index contributed by atoms with van der Waals surface area (Å²) in [5, 5.41) is 7.09. The fourth-order valence-electron chi connectivity index (χ4n) is 1.55. The quantitative estimate of drug-likeness (QED) is 0.853. The Hall–Kier alpha value is -1.43. The van der Waals surface area contributed by atoms with Crippen LogP contribution in [0.5, 0.6) is 0 Å². The molecule has 19 heavy (non-hydrogen) atoms. The maximum Gasteiger partial charge on any atom is 0.228 e. The van der Waals surface area contributed by atoms with E-state index >= 15 is 0 Å². The Morgan fingerprint density at radius 1 is 1.42 bits per heavy atom. The van der Waals surface area contributed by atoms with Gasteiger partial charge in [0.2, 0.25) is 5.91 Å². The van der Waals surface area contributed by atoms with Crippen LogP contribution in [0.3, 0.4) is 0 Å². The predicted molar refractivity (Wildman–Crippen MR) is 84.0 cm³/mol. The molecule has 0 fully saturated rings. The average Bonchev–Trinajstić information content (AvgIpc) is 2.84. The van der Waals surface area contributed by atoms with E-state index in [9.17, 15) is 4.79 Å². The first-order valence-corrected chi connectivity index (χ1v) is 7.19. The molecule has 0 unspecified atom stereocenters. The smallest absolute Gasteiger partial charge is 0.228 e. The van der Waals surface area contributed by atoms with E-state index in [0.29, 0.717) is 22.7 Å². The van der Waals surface area contributed by atoms with E-state index in [0.717, 1.165) is 5.56 Å². The maximum atomic E-state index is 11.9. The summed E-state index contributed by atoms with van der Waals surface area (Å²) in [4.78, 5) is 12.2. The van der Waals surface area contributed by atoms with Gasteiger partial charge >= 0.3 is 0 Å². The molecule has 1 amide bonds. The molecule has 2 aromatic rings. The third-order valence-electron chi connectivity index (χ3n) is 2.47. The minimum absolute atomic E-state index is 0.125. The Morgan fingerprint density at radius 3 is 2.84 bits per heavy atom. The summed E-state index contributed by atoms with van der Waals surface area (Å²) in [6.07, 6.45) is 0.317. The molecule has 0 spiro atoms. The van der Waals surface area contributed by atoms with Crippen LogP contribution in [0.1, 0.15) is 11.1 Å². The van der Waals surface area contributed by atoms with Gasteiger partial charge in [-0.3, -0.25) is 4.79 Å². The summed E-state index contributed by atoms with van der Waals surface area (Å²) in [6, 6.07) is 6.98. The van der Waals surface area contributed by atoms with Crippen molar-refractivity contribution in [2.24, 2.45) is 5.73 Å². The molecule has 0 saturated carbocycles. The molecule has 0 bridgehead atoms. The highest BCUT2D eigenvalue weighted by molar-refractivity contribution is 7.80. The highest BCUT2D eigenvalue weighted by atomic mass is 35.5. The van der Waals surface area contributed by atoms with Crippen LogP contribution in [0.15, 0.2) is 35.0 Å². The van der Waals surface area contributed by atoms with Crippen LogP contribution in [0.4, 0.5) is 5.69 Å². The van der Waals surface area contributed by atoms with Crippen molar-refractivity contribution in [2.45, 2.75) is 6.42 Å². The zero-order valence-corrected chi connectivity index (χ0v) is 12.2. The minimum atomic E-state index is -0.125. The number of rotatable bonds is 4. The van der Waals surface area contributed by atoms with E-state index in [2.05, 4.69) is 5.32 Å². The topological polar surface area (TPSA) is 55.1 Å². The number of thiophene rings is 1. The lowest BCUT2D eigenvalue weighted by molar-refractivity contribution is -0.115. The van der Waals surface area contributed by atoms with Gasteiger partial charge in [0.05, 0.1) is 17.1 Å². The zero-order chi connectivity index (χ0) is 13.8. The van der Waals surface area contributed by atoms with Crippen LogP contribution in [-0.2, 0) is 11.2 Å². The van der Waals surface area contributed by atoms with Crippen molar-refractivity contribution in [3.8, 4) is 0 Å². The molecule has 0 aliphatic carbocycles. The van der Waals surface area contributed by atoms with Crippen molar-refractivity contribution < 1.29 is 4.79 Å². The fraction of sp³-hybridized carbons (Fsp3) is 0.0769. The third kappa shape index (κ3) is 3.76. The van der Waals surface area contributed by atoms with Gasteiger partial charge in [-0.25, -0.2) is 0 Å². The van der Waals surface area contributed by atoms with Gasteiger partial charge in [-0.05, 0) is 34.5 Å². The Morgan fingerprint density at radius 2 is 2.21 bits per heavy atom. The molecule has 98 valence electrons. The van der Waals surface area contributed by atoms with Crippen LogP contribution >= 0.6 is 35.2 Å². The molecule has 0 radical (unpaired) electrons. The first-order valence-electron chi connectivity index (χ1n) is 5.46. The van der Waals surface area contributed by atoms with E-state index in [4.69, 9.17) is 29.6 Å². The first kappa shape index (κ1) is 14.0. The lowest BCUT2D eigenvalue weighted by atomic mass is 10.2. The lowest BCUT2D eigenvalue weighted by Gasteiger charge is -2.08. The van der Waals surface area contributed by atoms with E-state index in [1.54, 1.807) is 29.5 Å². The second-order valence-corrected chi connectivity index (χ2v) is 5.54. The molecule has 1 aromatic heterocycles. The molecular weight excluding hydrogens is 300 g/mol. The number of thiocarbonyl (C=S) groups is 1. The summed E-state index contributed by atoms with van der Waals surface area (Å²) < 4.78 is 0. The van der Waals surface area contributed by atoms with E-state index in [1.165, 1.54) is 0 Å². The standard InChI is InChI=1S/C13H11ClN2OS2/c14-10-2-1-9(13(15)18)6-11(10)16-12(17)5-8-3-4-19-7-8/h1-4,6-7H,5H2,(H2,15,18)(H,16,17). The first-order chi connectivity index (χ1) is 9.06. The molecule has 1 heterocycles. The number of benzene rings is 1. The van der Waals surface area contributed by atoms with Gasteiger partial charge in [-0.1, -0.05) is 29.9 Å². The number of halogens is 1. The van der Waals surface area contributed by atoms with Crippen LogP contribution in [0.25, 0.3) is 0 Å². The van der Waals surface area contributed by atoms with Crippen molar-refractivity contribution in [3.63, 3.8) is 0 Å². The lowest BCUT2D eigenvalue weighted by Crippen LogP contribution is -2.15. The van der Waals surface area contributed by atoms with Gasteiger partial charge in [0.15, 0.2) is 0 Å². The van der Waals surface area contributed by atoms with Gasteiger partial charge < -0.3 is 11.1 Å². The predicted octanol–water partition coefficient (Wildman–Crippen LogP) is 3.22. The number of anilines is 1. The monoisotopic (exact) mass is 310 g/mol. The fourth-order valence-corrected chi connectivity index (χ4v) is 2.51. The van der Waals surface area contributed by atoms with E-state index < -0.39 is 0 Å². The average molecular weight is 311 g/mol. The van der Waals surface area contributed by atoms with Crippen molar-refractivity contribution in [1.29, 1.82) is 0 Å². The molecule has 3 nitrogen and oxygen atoms in total. The number of hydrogen-bond donors (Lipinski definition) is 2. The molecule has 0 atom stereocenters. The molecule has 1 aromatic carbocycles. The molecular formula is C13H11ClN2OS2. The largest absolute Gasteiger partial charge is 0.389 e. The summed E-state index contributed by atoms with van der Waals surface area (Å²) in [6.45, 7) is 0. The maximum absolute atomic E-state index is 11.9. The summed E-state index contributed by atoms with van der Waals surface area (Å²) in [5.74, 6) is -0.125. The number of amides is 1. The van der Waals surface area contributed by atoms with E-state index in [1.807, 2.05) is 16.8 Å². The summed E-state index contributed by atoms with van der Waals surface area (Å²) in [7, 11) is 0. The van der Waals surface area contributed by atoms with Gasteiger partial charge in [-0.2, -0.15) is 11.3 Å². The Bertz CT molecular complexity index is 611. The molecule has 0 aliphatic heterocycles. The highest BCUT2D eigenvalue weighted by Crippen LogP contribution is 2.23. The van der Waals surface area contributed by atoms with Gasteiger partial charge in [0, 0.05) is 5.56 Å². The van der Waals surface area contributed by atoms with Crippen LogP contribution in [0.2, 0.25) is 5.02 Å². The van der Waals surface area contributed by atoms with Crippen molar-refractivity contribution in [2.75, 3.05) is 5.32 Å². The summed E-state index contributed by atoms with van der Waals surface area (Å²) >= 11 is 12.5. The molecule has 6 heteroatoms. The van der Waals surface area contributed by atoms with Crippen molar-refractivity contribution >= 4 is 51.7 Å². The van der Waals surface area contributed by atoms with Crippen LogP contribution < -0.4 is 11.1 Å². The molecule has 0 aliphatic rings. The Kier molecular flexibility index (Phi) is 4.52. The van der Waals surface area contributed by atoms with Gasteiger partial charge in [0.25, 0.3) is 0 Å². The number of carbonyl (C=O) groups excluding carboxylic acids is 1. The minimum Gasteiger partial charge on any atom is -0.389 e. The number of nitrogens with one attached hydrogen (secondary N) is 1. The Balaban J connectivity index is 2.11. The number of nitrogens with two attached hydrogens (primary N) is 1. The molecule has 3 N–H and O–H groups in total. The van der Waals surface area contributed by atoms with Crippen molar-refractivity contribution in [1.82, 2.24) is 0 Å². The number of carbonyl (C=O) groups is 1. The normalized spacial score (nSPS) is 10.2. The van der Waals surface area contributed by atoms with Gasteiger partial charge in [-0.15, -0.1) is 0 Å². The second kappa shape index (κ2) is 6.14. The molecule has 0 saturated heterocycles. The highest BCUT2D eigenvalue weighted by Gasteiger charge is 2.09. The zero-order valence-electron chi connectivity index (χ0n) is 9.85. The van der Waals surface area contributed by atoms with Gasteiger partial charge in [0.1, 0.15) is 4.99 Å². The summed E-state index contributed by atoms with van der Waals surface area (Å²) in [5.41, 5.74) is 7.72.